The molecule has 142 valence electrons. The van der Waals surface area contributed by atoms with Crippen molar-refractivity contribution in [3.8, 4) is 0 Å². The van der Waals surface area contributed by atoms with E-state index in [1.54, 1.807) is 24.7 Å². The van der Waals surface area contributed by atoms with Crippen LogP contribution in [0.25, 0.3) is 0 Å². The topological polar surface area (TPSA) is 75.2 Å². The molecule has 3 heterocycles. The van der Waals surface area contributed by atoms with Gasteiger partial charge in [0.1, 0.15) is 0 Å². The second-order valence-corrected chi connectivity index (χ2v) is 7.56. The Morgan fingerprint density at radius 3 is 2.41 bits per heavy atom. The maximum atomic E-state index is 12.6. The van der Waals surface area contributed by atoms with Gasteiger partial charge in [-0.15, -0.1) is 0 Å². The summed E-state index contributed by atoms with van der Waals surface area (Å²) in [6.45, 7) is 3.86. The number of aryl methyl sites for hydroxylation is 1. The zero-order valence-corrected chi connectivity index (χ0v) is 15.4. The average Bonchev–Trinajstić information content (AvgIpc) is 3.38. The summed E-state index contributed by atoms with van der Waals surface area (Å²) < 4.78 is 1.95. The third-order valence-electron chi connectivity index (χ3n) is 5.39. The molecular weight excluding hydrogens is 342 g/mol. The number of fused-ring (bicyclic) bond motifs is 2. The summed E-state index contributed by atoms with van der Waals surface area (Å²) in [7, 11) is 0. The van der Waals surface area contributed by atoms with E-state index in [4.69, 9.17) is 0 Å². The van der Waals surface area contributed by atoms with Crippen LogP contribution >= 0.6 is 0 Å². The number of carbonyl (C=O) groups is 2. The molecule has 27 heavy (non-hydrogen) atoms. The lowest BCUT2D eigenvalue weighted by atomic mass is 9.88. The van der Waals surface area contributed by atoms with Gasteiger partial charge in [0.15, 0.2) is 11.6 Å². The first-order chi connectivity index (χ1) is 13.1. The van der Waals surface area contributed by atoms with Gasteiger partial charge in [-0.05, 0) is 18.9 Å². The molecule has 1 N–H and O–H groups in total. The monoisotopic (exact) mass is 367 g/mol. The molecule has 2 aliphatic rings. The third-order valence-corrected chi connectivity index (χ3v) is 5.39. The van der Waals surface area contributed by atoms with Crippen molar-refractivity contribution < 1.29 is 14.7 Å². The van der Waals surface area contributed by atoms with E-state index in [1.165, 1.54) is 6.20 Å². The van der Waals surface area contributed by atoms with E-state index in [-0.39, 0.29) is 17.7 Å². The Morgan fingerprint density at radius 1 is 0.963 bits per heavy atom. The van der Waals surface area contributed by atoms with Gasteiger partial charge in [-0.25, -0.2) is 0 Å². The lowest BCUT2D eigenvalue weighted by Crippen LogP contribution is -2.19. The summed E-state index contributed by atoms with van der Waals surface area (Å²) >= 11 is 0. The average molecular weight is 367 g/mol. The van der Waals surface area contributed by atoms with Crippen LogP contribution in [0.2, 0.25) is 0 Å². The van der Waals surface area contributed by atoms with Crippen LogP contribution in [0.15, 0.2) is 30.9 Å². The zero-order chi connectivity index (χ0) is 18.8. The molecule has 6 heteroatoms. The molecule has 1 atom stereocenters. The van der Waals surface area contributed by atoms with Crippen LogP contribution in [-0.2, 0) is 6.54 Å². The highest BCUT2D eigenvalue weighted by molar-refractivity contribution is 6.28. The smallest absolute Gasteiger partial charge is 0.197 e. The van der Waals surface area contributed by atoms with E-state index >= 15 is 0 Å². The molecule has 0 bridgehead atoms. The highest BCUT2D eigenvalue weighted by Crippen LogP contribution is 2.27. The van der Waals surface area contributed by atoms with E-state index in [1.807, 2.05) is 4.57 Å². The molecule has 4 rings (SSSR count). The van der Waals surface area contributed by atoms with Crippen molar-refractivity contribution in [2.75, 3.05) is 19.6 Å². The number of aromatic nitrogens is 2. The van der Waals surface area contributed by atoms with Gasteiger partial charge in [-0.2, -0.15) is 0 Å². The zero-order valence-electron chi connectivity index (χ0n) is 15.4. The fourth-order valence-electron chi connectivity index (χ4n) is 3.73. The third kappa shape index (κ3) is 4.01. The van der Waals surface area contributed by atoms with Crippen molar-refractivity contribution >= 4 is 11.6 Å². The second-order valence-electron chi connectivity index (χ2n) is 7.56. The molecule has 0 radical (unpaired) electrons. The molecule has 2 aromatic heterocycles. The van der Waals surface area contributed by atoms with Crippen LogP contribution in [0, 0.1) is 0 Å². The van der Waals surface area contributed by atoms with Gasteiger partial charge in [0, 0.05) is 56.5 Å². The summed E-state index contributed by atoms with van der Waals surface area (Å²) in [5, 5.41) is 9.90. The minimum Gasteiger partial charge on any atom is -0.392 e. The summed E-state index contributed by atoms with van der Waals surface area (Å²) in [5.41, 5.74) is 1.82. The number of β-amino-alcohol motifs (C(OH)–C–C–N with tert-alkyl or cyclic N) is 1. The summed E-state index contributed by atoms with van der Waals surface area (Å²) in [6.07, 6.45) is 11.5. The SMILES string of the molecule is O=C1c2ccncc2C(=O)c2cn(CCCCCCC(O)CN3CC3)cc21. The van der Waals surface area contributed by atoms with Gasteiger partial charge in [-0.3, -0.25) is 19.5 Å². The van der Waals surface area contributed by atoms with E-state index in [0.717, 1.165) is 58.3 Å². The number of hydrogen-bond acceptors (Lipinski definition) is 5. The molecular formula is C21H25N3O3. The Balaban J connectivity index is 1.26. The molecule has 1 aliphatic carbocycles. The summed E-state index contributed by atoms with van der Waals surface area (Å²) in [6, 6.07) is 1.62. The number of pyridine rings is 1. The maximum Gasteiger partial charge on any atom is 0.197 e. The lowest BCUT2D eigenvalue weighted by Gasteiger charge is -2.12. The Hall–Kier alpha value is -2.31. The van der Waals surface area contributed by atoms with Crippen LogP contribution in [0.3, 0.4) is 0 Å². The maximum absolute atomic E-state index is 12.6. The Morgan fingerprint density at radius 2 is 1.67 bits per heavy atom. The van der Waals surface area contributed by atoms with Crippen molar-refractivity contribution in [1.82, 2.24) is 14.5 Å². The van der Waals surface area contributed by atoms with Crippen LogP contribution in [0.1, 0.15) is 63.9 Å². The van der Waals surface area contributed by atoms with E-state index in [2.05, 4.69) is 9.88 Å². The Bertz CT molecular complexity index is 802. The molecule has 6 nitrogen and oxygen atoms in total. The van der Waals surface area contributed by atoms with Crippen LogP contribution in [0.4, 0.5) is 0 Å². The first-order valence-corrected chi connectivity index (χ1v) is 9.77. The van der Waals surface area contributed by atoms with E-state index in [0.29, 0.717) is 22.3 Å². The molecule has 2 aromatic rings. The molecule has 1 unspecified atom stereocenters. The molecule has 1 saturated heterocycles. The minimum absolute atomic E-state index is 0.0962. The number of nitrogens with zero attached hydrogens (tertiary/aromatic N) is 3. The van der Waals surface area contributed by atoms with Crippen LogP contribution in [0.5, 0.6) is 0 Å². The highest BCUT2D eigenvalue weighted by atomic mass is 16.3. The Kier molecular flexibility index (Phi) is 5.18. The first kappa shape index (κ1) is 18.1. The van der Waals surface area contributed by atoms with Gasteiger partial charge < -0.3 is 9.67 Å². The van der Waals surface area contributed by atoms with Crippen molar-refractivity contribution in [3.05, 3.63) is 53.1 Å². The fraction of sp³-hybridized carbons (Fsp3) is 0.476. The largest absolute Gasteiger partial charge is 0.392 e. The summed E-state index contributed by atoms with van der Waals surface area (Å²) in [4.78, 5) is 31.4. The predicted octanol–water partition coefficient (Wildman–Crippen LogP) is 2.29. The van der Waals surface area contributed by atoms with Gasteiger partial charge in [0.05, 0.1) is 22.8 Å². The fourth-order valence-corrected chi connectivity index (χ4v) is 3.73. The number of ketones is 2. The quantitative estimate of drug-likeness (QED) is 0.464. The molecule has 1 fully saturated rings. The van der Waals surface area contributed by atoms with E-state index < -0.39 is 0 Å². The minimum atomic E-state index is -0.197. The number of rotatable bonds is 9. The predicted molar refractivity (Wildman–Crippen MR) is 101 cm³/mol. The number of hydrogen-bond donors (Lipinski definition) is 1. The van der Waals surface area contributed by atoms with Gasteiger partial charge >= 0.3 is 0 Å². The molecule has 1 aliphatic heterocycles. The lowest BCUT2D eigenvalue weighted by molar-refractivity contribution is 0.0979. The van der Waals surface area contributed by atoms with Crippen LogP contribution in [-0.4, -0.2) is 56.9 Å². The summed E-state index contributed by atoms with van der Waals surface area (Å²) in [5.74, 6) is -0.215. The number of aliphatic hydroxyl groups excluding tert-OH is 1. The van der Waals surface area contributed by atoms with Gasteiger partial charge in [0.2, 0.25) is 0 Å². The first-order valence-electron chi connectivity index (χ1n) is 9.77. The Labute approximate surface area is 158 Å². The number of unbranched alkanes of at least 4 members (excludes halogenated alkanes) is 3. The number of carbonyl (C=O) groups excluding carboxylic acids is 2. The second kappa shape index (κ2) is 7.74. The molecule has 0 saturated carbocycles. The van der Waals surface area contributed by atoms with Crippen molar-refractivity contribution in [3.63, 3.8) is 0 Å². The molecule has 0 aromatic carbocycles. The molecule has 0 amide bonds. The van der Waals surface area contributed by atoms with Gasteiger partial charge in [-0.1, -0.05) is 19.3 Å². The highest BCUT2D eigenvalue weighted by Gasteiger charge is 2.31. The standard InChI is InChI=1S/C21H25N3O3/c25-15(12-23-9-10-23)5-3-1-2-4-8-24-13-18-19(14-24)21(27)17-11-22-7-6-16(17)20(18)26/h6-7,11,13-15,25H,1-5,8-10,12H2. The normalized spacial score (nSPS) is 16.9. The van der Waals surface area contributed by atoms with Crippen molar-refractivity contribution in [1.29, 1.82) is 0 Å². The number of aliphatic hydroxyl groups is 1. The van der Waals surface area contributed by atoms with Crippen LogP contribution < -0.4 is 0 Å². The van der Waals surface area contributed by atoms with Crippen molar-refractivity contribution in [2.24, 2.45) is 0 Å². The van der Waals surface area contributed by atoms with E-state index in [9.17, 15) is 14.7 Å². The van der Waals surface area contributed by atoms with Crippen molar-refractivity contribution in [2.45, 2.75) is 44.8 Å². The molecule has 0 spiro atoms. The van der Waals surface area contributed by atoms with Gasteiger partial charge in [0.25, 0.3) is 0 Å².